The topological polar surface area (TPSA) is 94.9 Å². The van der Waals surface area contributed by atoms with Crippen LogP contribution in [0.25, 0.3) is 0 Å². The van der Waals surface area contributed by atoms with Crippen molar-refractivity contribution in [3.8, 4) is 0 Å². The molecule has 0 aliphatic heterocycles. The summed E-state index contributed by atoms with van der Waals surface area (Å²) in [4.78, 5) is 33.6. The number of carbonyl (C=O) groups excluding carboxylic acids is 1. The molecule has 88 valence electrons. The zero-order valence-corrected chi connectivity index (χ0v) is 8.77. The van der Waals surface area contributed by atoms with Crippen LogP contribution in [0.3, 0.4) is 0 Å². The van der Waals surface area contributed by atoms with Gasteiger partial charge < -0.3 is 15.1 Å². The molecule has 0 atom stereocenters. The maximum absolute atomic E-state index is 11.4. The molecule has 0 aromatic rings. The Hall–Kier alpha value is -0.590. The number of rotatable bonds is 6. The van der Waals surface area contributed by atoms with Crippen LogP contribution in [0.15, 0.2) is 0 Å². The fourth-order valence-corrected chi connectivity index (χ4v) is 1.23. The minimum absolute atomic E-state index is 0. The van der Waals surface area contributed by atoms with E-state index < -0.39 is 23.9 Å². The summed E-state index contributed by atoms with van der Waals surface area (Å²) in [5.74, 6) is -3.49. The number of nitrogens with zero attached hydrogens (tertiary/aromatic N) is 1. The van der Waals surface area contributed by atoms with Crippen LogP contribution in [0.1, 0.15) is 26.7 Å². The van der Waals surface area contributed by atoms with Crippen molar-refractivity contribution >= 4 is 47.4 Å². The first kappa shape index (κ1) is 17.8. The van der Waals surface area contributed by atoms with Crippen molar-refractivity contribution in [3.63, 3.8) is 0 Å². The van der Waals surface area contributed by atoms with Gasteiger partial charge in [-0.25, -0.2) is 9.59 Å². The predicted molar refractivity (Wildman–Crippen MR) is 58.5 cm³/mol. The quantitative estimate of drug-likeness (QED) is 0.484. The number of aliphatic carboxylic acids is 2. The SMILES string of the molecule is CCCC(=O)N(CC)C(C(=O)O)C(=O)O.[NaH]. The number of carboxylic acid groups (broad SMARTS) is 2. The van der Waals surface area contributed by atoms with Crippen molar-refractivity contribution < 1.29 is 24.6 Å². The van der Waals surface area contributed by atoms with Gasteiger partial charge in [-0.1, -0.05) is 6.92 Å². The molecule has 2 N–H and O–H groups in total. The number of likely N-dealkylation sites (N-methyl/N-ethyl adjacent to an activating group) is 1. The van der Waals surface area contributed by atoms with Gasteiger partial charge in [0.2, 0.25) is 11.9 Å². The van der Waals surface area contributed by atoms with Crippen molar-refractivity contribution in [1.29, 1.82) is 0 Å². The number of carbonyl (C=O) groups is 3. The zero-order valence-electron chi connectivity index (χ0n) is 8.77. The number of amides is 1. The predicted octanol–water partition coefficient (Wildman–Crippen LogP) is -0.476. The Labute approximate surface area is 116 Å². The molecule has 6 nitrogen and oxygen atoms in total. The molecule has 0 radical (unpaired) electrons. The molecule has 0 aromatic heterocycles. The summed E-state index contributed by atoms with van der Waals surface area (Å²) < 4.78 is 0. The first-order valence-corrected chi connectivity index (χ1v) is 4.70. The van der Waals surface area contributed by atoms with Gasteiger partial charge in [0, 0.05) is 13.0 Å². The van der Waals surface area contributed by atoms with Crippen molar-refractivity contribution in [1.82, 2.24) is 4.90 Å². The first-order valence-electron chi connectivity index (χ1n) is 4.70. The molecule has 0 aromatic carbocycles. The Morgan fingerprint density at radius 1 is 1.12 bits per heavy atom. The van der Waals surface area contributed by atoms with Gasteiger partial charge in [-0.15, -0.1) is 0 Å². The molecule has 0 fully saturated rings. The van der Waals surface area contributed by atoms with Gasteiger partial charge in [0.15, 0.2) is 0 Å². The molecule has 0 rings (SSSR count). The molecule has 0 aliphatic carbocycles. The summed E-state index contributed by atoms with van der Waals surface area (Å²) in [6.45, 7) is 3.39. The molecule has 0 saturated carbocycles. The second-order valence-corrected chi connectivity index (χ2v) is 3.01. The van der Waals surface area contributed by atoms with Crippen molar-refractivity contribution in [3.05, 3.63) is 0 Å². The fraction of sp³-hybridized carbons (Fsp3) is 0.667. The number of carboxylic acids is 2. The molecule has 0 heterocycles. The van der Waals surface area contributed by atoms with Gasteiger partial charge in [0.1, 0.15) is 0 Å². The first-order chi connectivity index (χ1) is 6.95. The van der Waals surface area contributed by atoms with E-state index in [2.05, 4.69) is 0 Å². The van der Waals surface area contributed by atoms with Crippen LogP contribution in [0.4, 0.5) is 0 Å². The molecule has 0 saturated heterocycles. The molecular weight excluding hydrogens is 225 g/mol. The Morgan fingerprint density at radius 3 is 1.81 bits per heavy atom. The molecule has 0 aliphatic rings. The van der Waals surface area contributed by atoms with Gasteiger partial charge >= 0.3 is 41.5 Å². The molecular formula is C9H16NNaO5. The Kier molecular flexibility index (Phi) is 9.51. The summed E-state index contributed by atoms with van der Waals surface area (Å²) in [6, 6.07) is -1.78. The minimum atomic E-state index is -1.78. The van der Waals surface area contributed by atoms with E-state index in [1.165, 1.54) is 0 Å². The van der Waals surface area contributed by atoms with Crippen LogP contribution in [0.5, 0.6) is 0 Å². The monoisotopic (exact) mass is 241 g/mol. The molecule has 1 amide bonds. The van der Waals surface area contributed by atoms with Crippen LogP contribution in [0.2, 0.25) is 0 Å². The third kappa shape index (κ3) is 4.96. The Morgan fingerprint density at radius 2 is 1.56 bits per heavy atom. The van der Waals surface area contributed by atoms with E-state index in [9.17, 15) is 14.4 Å². The van der Waals surface area contributed by atoms with Crippen molar-refractivity contribution in [2.24, 2.45) is 0 Å². The zero-order chi connectivity index (χ0) is 12.0. The van der Waals surface area contributed by atoms with Crippen molar-refractivity contribution in [2.45, 2.75) is 32.7 Å². The molecule has 0 unspecified atom stereocenters. The van der Waals surface area contributed by atoms with Crippen LogP contribution >= 0.6 is 0 Å². The summed E-state index contributed by atoms with van der Waals surface area (Å²) in [5, 5.41) is 17.4. The second-order valence-electron chi connectivity index (χ2n) is 3.01. The van der Waals surface area contributed by atoms with Gasteiger partial charge in [0.05, 0.1) is 0 Å². The van der Waals surface area contributed by atoms with Crippen LogP contribution in [-0.4, -0.2) is 75.1 Å². The summed E-state index contributed by atoms with van der Waals surface area (Å²) in [5.41, 5.74) is 0. The molecule has 0 bridgehead atoms. The third-order valence-corrected chi connectivity index (χ3v) is 1.90. The third-order valence-electron chi connectivity index (χ3n) is 1.90. The second kappa shape index (κ2) is 8.55. The molecule has 7 heteroatoms. The van der Waals surface area contributed by atoms with Gasteiger partial charge in [-0.05, 0) is 13.3 Å². The average molecular weight is 241 g/mol. The van der Waals surface area contributed by atoms with Crippen LogP contribution in [-0.2, 0) is 14.4 Å². The standard InChI is InChI=1S/C9H15NO5.Na.H/c1-3-5-6(11)10(4-2)7(8(12)13)9(14)15;;/h7H,3-5H2,1-2H3,(H,12,13)(H,14,15);;. The van der Waals surface area contributed by atoms with Crippen LogP contribution in [0, 0.1) is 0 Å². The average Bonchev–Trinajstić information content (AvgIpc) is 2.12. The van der Waals surface area contributed by atoms with Gasteiger partial charge in [-0.2, -0.15) is 0 Å². The normalized spacial score (nSPS) is 9.44. The number of hydrogen-bond acceptors (Lipinski definition) is 3. The molecule has 0 spiro atoms. The van der Waals surface area contributed by atoms with Crippen LogP contribution < -0.4 is 0 Å². The van der Waals surface area contributed by atoms with E-state index in [1.54, 1.807) is 13.8 Å². The van der Waals surface area contributed by atoms with Gasteiger partial charge in [-0.3, -0.25) is 4.79 Å². The Balaban J connectivity index is 0. The van der Waals surface area contributed by atoms with E-state index in [-0.39, 0.29) is 42.5 Å². The van der Waals surface area contributed by atoms with E-state index >= 15 is 0 Å². The van der Waals surface area contributed by atoms with E-state index in [4.69, 9.17) is 10.2 Å². The van der Waals surface area contributed by atoms with E-state index in [1.807, 2.05) is 0 Å². The van der Waals surface area contributed by atoms with E-state index in [0.717, 1.165) is 4.90 Å². The summed E-state index contributed by atoms with van der Waals surface area (Å²) in [7, 11) is 0. The van der Waals surface area contributed by atoms with Gasteiger partial charge in [0.25, 0.3) is 0 Å². The number of hydrogen-bond donors (Lipinski definition) is 2. The fourth-order valence-electron chi connectivity index (χ4n) is 1.23. The maximum atomic E-state index is 11.4. The summed E-state index contributed by atoms with van der Waals surface area (Å²) >= 11 is 0. The molecule has 16 heavy (non-hydrogen) atoms. The van der Waals surface area contributed by atoms with Crippen molar-refractivity contribution in [2.75, 3.05) is 6.54 Å². The Bertz CT molecular complexity index is 255. The summed E-state index contributed by atoms with van der Waals surface area (Å²) in [6.07, 6.45) is 0.714. The van der Waals surface area contributed by atoms with E-state index in [0.29, 0.717) is 6.42 Å².